The van der Waals surface area contributed by atoms with E-state index in [9.17, 15) is 10.5 Å². The Kier molecular flexibility index (Phi) is 6.42. The summed E-state index contributed by atoms with van der Waals surface area (Å²) in [5.41, 5.74) is 2.70. The lowest BCUT2D eigenvalue weighted by Crippen LogP contribution is -2.03. The zero-order valence-corrected chi connectivity index (χ0v) is 20.4. The molecule has 0 aliphatic heterocycles. The molecule has 5 rings (SSSR count). The standard InChI is InChI=1S/C26H16ClN7OS/c1-36-26-20(14-28)23(19-4-2-3-5-22(19)27)34-25(32-26)21(15-29)24(33-34)31-16-6-8-17(9-7-16)35-18-10-12-30-13-11-18/h2-13H,1H3,(H,31,33). The first-order valence-electron chi connectivity index (χ1n) is 10.6. The van der Waals surface area contributed by atoms with Crippen LogP contribution in [-0.2, 0) is 0 Å². The zero-order chi connectivity index (χ0) is 25.1. The van der Waals surface area contributed by atoms with Gasteiger partial charge in [-0.25, -0.2) is 9.50 Å². The Hall–Kier alpha value is -4.57. The number of nitriles is 2. The number of nitrogens with zero attached hydrogens (tertiary/aromatic N) is 6. The van der Waals surface area contributed by atoms with E-state index in [0.717, 1.165) is 0 Å². The van der Waals surface area contributed by atoms with E-state index in [4.69, 9.17) is 16.3 Å². The second kappa shape index (κ2) is 9.96. The lowest BCUT2D eigenvalue weighted by Gasteiger charge is -2.11. The first kappa shape index (κ1) is 23.2. The van der Waals surface area contributed by atoms with Crippen LogP contribution in [0.5, 0.6) is 11.5 Å². The molecule has 0 radical (unpaired) electrons. The molecule has 0 saturated carbocycles. The van der Waals surface area contributed by atoms with E-state index < -0.39 is 0 Å². The van der Waals surface area contributed by atoms with Crippen molar-refractivity contribution in [2.75, 3.05) is 11.6 Å². The van der Waals surface area contributed by atoms with Gasteiger partial charge in [0.25, 0.3) is 0 Å². The Bertz CT molecular complexity index is 1660. The first-order valence-corrected chi connectivity index (χ1v) is 12.2. The fourth-order valence-electron chi connectivity index (χ4n) is 3.65. The van der Waals surface area contributed by atoms with Crippen LogP contribution < -0.4 is 10.1 Å². The molecule has 0 aliphatic rings. The highest BCUT2D eigenvalue weighted by molar-refractivity contribution is 7.98. The maximum Gasteiger partial charge on any atom is 0.177 e. The Labute approximate surface area is 215 Å². The average molecular weight is 510 g/mol. The number of fused-ring (bicyclic) bond motifs is 1. The Morgan fingerprint density at radius 3 is 2.31 bits per heavy atom. The molecule has 5 aromatic rings. The number of hydrogen-bond donors (Lipinski definition) is 1. The molecule has 0 spiro atoms. The number of anilines is 2. The summed E-state index contributed by atoms with van der Waals surface area (Å²) in [6, 6.07) is 22.4. The molecule has 0 saturated heterocycles. The maximum atomic E-state index is 9.99. The van der Waals surface area contributed by atoms with Crippen LogP contribution in [0.25, 0.3) is 16.9 Å². The molecule has 8 nitrogen and oxygen atoms in total. The molecule has 3 aromatic heterocycles. The lowest BCUT2D eigenvalue weighted by molar-refractivity contribution is 0.482. The third kappa shape index (κ3) is 4.29. The number of pyridine rings is 1. The van der Waals surface area contributed by atoms with Crippen molar-refractivity contribution in [3.63, 3.8) is 0 Å². The summed E-state index contributed by atoms with van der Waals surface area (Å²) >= 11 is 7.81. The van der Waals surface area contributed by atoms with Gasteiger partial charge < -0.3 is 10.1 Å². The maximum absolute atomic E-state index is 9.99. The van der Waals surface area contributed by atoms with Crippen molar-refractivity contribution in [1.29, 1.82) is 10.5 Å². The minimum absolute atomic E-state index is 0.250. The normalized spacial score (nSPS) is 10.6. The molecular formula is C26H16ClN7OS. The molecular weight excluding hydrogens is 494 g/mol. The summed E-state index contributed by atoms with van der Waals surface area (Å²) < 4.78 is 7.31. The second-order valence-corrected chi connectivity index (χ2v) is 8.64. The molecule has 0 fully saturated rings. The molecule has 0 atom stereocenters. The fraction of sp³-hybridized carbons (Fsp3) is 0.0385. The van der Waals surface area contributed by atoms with E-state index in [-0.39, 0.29) is 5.56 Å². The van der Waals surface area contributed by atoms with Gasteiger partial charge in [0.15, 0.2) is 11.5 Å². The number of nitrogens with one attached hydrogen (secondary N) is 1. The number of aromatic nitrogens is 4. The summed E-state index contributed by atoms with van der Waals surface area (Å²) in [6.45, 7) is 0. The highest BCUT2D eigenvalue weighted by Crippen LogP contribution is 2.36. The van der Waals surface area contributed by atoms with Crippen LogP contribution in [0.3, 0.4) is 0 Å². The first-order chi connectivity index (χ1) is 17.6. The number of rotatable bonds is 6. The summed E-state index contributed by atoms with van der Waals surface area (Å²) in [4.78, 5) is 8.56. The molecule has 1 N–H and O–H groups in total. The van der Waals surface area contributed by atoms with Crippen molar-refractivity contribution < 1.29 is 4.74 Å². The monoisotopic (exact) mass is 509 g/mol. The second-order valence-electron chi connectivity index (χ2n) is 7.44. The van der Waals surface area contributed by atoms with Crippen LogP contribution in [0.2, 0.25) is 5.02 Å². The predicted octanol–water partition coefficient (Wildman–Crippen LogP) is 6.45. The van der Waals surface area contributed by atoms with Gasteiger partial charge in [0.1, 0.15) is 39.8 Å². The summed E-state index contributed by atoms with van der Waals surface area (Å²) in [7, 11) is 0. The highest BCUT2D eigenvalue weighted by Gasteiger charge is 2.24. The van der Waals surface area contributed by atoms with Gasteiger partial charge in [0.2, 0.25) is 0 Å². The van der Waals surface area contributed by atoms with Crippen molar-refractivity contribution in [2.24, 2.45) is 0 Å². The van der Waals surface area contributed by atoms with E-state index >= 15 is 0 Å². The van der Waals surface area contributed by atoms with Gasteiger partial charge in [0.05, 0.1) is 10.7 Å². The van der Waals surface area contributed by atoms with E-state index in [0.29, 0.717) is 55.5 Å². The molecule has 0 aliphatic carbocycles. The van der Waals surface area contributed by atoms with Crippen molar-refractivity contribution in [1.82, 2.24) is 19.6 Å². The van der Waals surface area contributed by atoms with E-state index in [2.05, 4.69) is 32.5 Å². The minimum atomic E-state index is 0.250. The third-order valence-corrected chi connectivity index (χ3v) is 6.29. The molecule has 3 heterocycles. The predicted molar refractivity (Wildman–Crippen MR) is 139 cm³/mol. The largest absolute Gasteiger partial charge is 0.457 e. The molecule has 36 heavy (non-hydrogen) atoms. The molecule has 0 bridgehead atoms. The fourth-order valence-corrected chi connectivity index (χ4v) is 4.40. The van der Waals surface area contributed by atoms with Crippen LogP contribution in [-0.4, -0.2) is 25.8 Å². The van der Waals surface area contributed by atoms with Crippen molar-refractivity contribution in [3.05, 3.63) is 89.2 Å². The number of ether oxygens (including phenoxy) is 1. The topological polar surface area (TPSA) is 112 Å². The molecule has 2 aromatic carbocycles. The number of benzene rings is 2. The van der Waals surface area contributed by atoms with Gasteiger partial charge in [0, 0.05) is 23.6 Å². The Balaban J connectivity index is 1.59. The number of hydrogen-bond acceptors (Lipinski definition) is 8. The average Bonchev–Trinajstić information content (AvgIpc) is 3.26. The van der Waals surface area contributed by atoms with Gasteiger partial charge in [-0.05, 0) is 48.7 Å². The van der Waals surface area contributed by atoms with Crippen LogP contribution in [0, 0.1) is 22.7 Å². The zero-order valence-electron chi connectivity index (χ0n) is 18.8. The van der Waals surface area contributed by atoms with Crippen molar-refractivity contribution >= 4 is 40.5 Å². The van der Waals surface area contributed by atoms with Crippen LogP contribution in [0.1, 0.15) is 11.1 Å². The van der Waals surface area contributed by atoms with E-state index in [1.54, 1.807) is 42.7 Å². The quantitative estimate of drug-likeness (QED) is 0.205. The summed E-state index contributed by atoms with van der Waals surface area (Å²) in [5, 5.41) is 28.7. The lowest BCUT2D eigenvalue weighted by atomic mass is 10.1. The molecule has 174 valence electrons. The van der Waals surface area contributed by atoms with Crippen LogP contribution in [0.15, 0.2) is 78.1 Å². The Morgan fingerprint density at radius 1 is 0.944 bits per heavy atom. The van der Waals surface area contributed by atoms with Crippen molar-refractivity contribution in [2.45, 2.75) is 5.03 Å². The Morgan fingerprint density at radius 2 is 1.64 bits per heavy atom. The van der Waals surface area contributed by atoms with Gasteiger partial charge in [-0.15, -0.1) is 16.9 Å². The smallest absolute Gasteiger partial charge is 0.177 e. The van der Waals surface area contributed by atoms with Gasteiger partial charge in [-0.3, -0.25) is 4.98 Å². The van der Waals surface area contributed by atoms with Crippen LogP contribution in [0.4, 0.5) is 11.5 Å². The minimum Gasteiger partial charge on any atom is -0.457 e. The third-order valence-electron chi connectivity index (χ3n) is 5.28. The summed E-state index contributed by atoms with van der Waals surface area (Å²) in [5.74, 6) is 1.63. The van der Waals surface area contributed by atoms with Gasteiger partial charge in [-0.2, -0.15) is 10.5 Å². The van der Waals surface area contributed by atoms with E-state index in [1.807, 2.05) is 36.6 Å². The van der Waals surface area contributed by atoms with Gasteiger partial charge in [-0.1, -0.05) is 29.8 Å². The molecule has 0 amide bonds. The highest BCUT2D eigenvalue weighted by atomic mass is 35.5. The summed E-state index contributed by atoms with van der Waals surface area (Å²) in [6.07, 6.45) is 5.14. The molecule has 0 unspecified atom stereocenters. The SMILES string of the molecule is CSc1nc2c(C#N)c(Nc3ccc(Oc4ccncc4)cc3)nn2c(-c2ccccc2Cl)c1C#N. The number of thioether (sulfide) groups is 1. The van der Waals surface area contributed by atoms with Crippen molar-refractivity contribution in [3.8, 4) is 34.9 Å². The molecule has 10 heteroatoms. The van der Waals surface area contributed by atoms with E-state index in [1.165, 1.54) is 16.3 Å². The van der Waals surface area contributed by atoms with Gasteiger partial charge >= 0.3 is 0 Å². The number of halogens is 1. The van der Waals surface area contributed by atoms with Crippen LogP contribution >= 0.6 is 23.4 Å².